The lowest BCUT2D eigenvalue weighted by molar-refractivity contribution is -0.137. The predicted octanol–water partition coefficient (Wildman–Crippen LogP) is 4.63. The number of hydrogen-bond acceptors (Lipinski definition) is 4. The molecule has 3 rings (SSSR count). The zero-order valence-corrected chi connectivity index (χ0v) is 19.1. The van der Waals surface area contributed by atoms with E-state index in [1.165, 1.54) is 36.2 Å². The Kier molecular flexibility index (Phi) is 7.21. The van der Waals surface area contributed by atoms with Gasteiger partial charge in [0, 0.05) is 25.7 Å². The molecule has 2 aromatic carbocycles. The van der Waals surface area contributed by atoms with Gasteiger partial charge in [-0.2, -0.15) is 18.4 Å². The summed E-state index contributed by atoms with van der Waals surface area (Å²) in [5.41, 5.74) is -1.87. The number of rotatable bonds is 3. The number of carbonyl (C=O) groups excluding carboxylic acids is 2. The Labute approximate surface area is 198 Å². The van der Waals surface area contributed by atoms with Crippen LogP contribution in [0.25, 0.3) is 0 Å². The van der Waals surface area contributed by atoms with E-state index >= 15 is 0 Å². The lowest BCUT2D eigenvalue weighted by atomic mass is 10.00. The second kappa shape index (κ2) is 9.77. The highest BCUT2D eigenvalue weighted by atomic mass is 32.1. The van der Waals surface area contributed by atoms with Crippen molar-refractivity contribution in [3.05, 3.63) is 58.9 Å². The number of nitrogens with zero attached hydrogens (tertiary/aromatic N) is 3. The molecular weight excluding hydrogens is 472 g/mol. The van der Waals surface area contributed by atoms with E-state index in [1.54, 1.807) is 0 Å². The number of thiocarbonyl (C=S) groups is 1. The predicted molar refractivity (Wildman–Crippen MR) is 122 cm³/mol. The number of nitriles is 1. The molecule has 6 nitrogen and oxygen atoms in total. The van der Waals surface area contributed by atoms with E-state index in [0.29, 0.717) is 12.5 Å². The molecule has 11 heteroatoms. The fourth-order valence-electron chi connectivity index (χ4n) is 3.65. The highest BCUT2D eigenvalue weighted by molar-refractivity contribution is 7.81. The maximum absolute atomic E-state index is 14.6. The summed E-state index contributed by atoms with van der Waals surface area (Å²) < 4.78 is 55.2. The maximum Gasteiger partial charge on any atom is 0.417 e. The van der Waals surface area contributed by atoms with Crippen LogP contribution in [0.4, 0.5) is 28.9 Å². The number of hydrogen-bond donors (Lipinski definition) is 1. The van der Waals surface area contributed by atoms with Crippen molar-refractivity contribution >= 4 is 40.5 Å². The van der Waals surface area contributed by atoms with E-state index < -0.39 is 34.9 Å². The average Bonchev–Trinajstić information content (AvgIpc) is 2.77. The normalized spacial score (nSPS) is 17.1. The molecule has 1 heterocycles. The second-order valence-electron chi connectivity index (χ2n) is 7.84. The highest BCUT2D eigenvalue weighted by Crippen LogP contribution is 2.36. The van der Waals surface area contributed by atoms with Crippen LogP contribution in [0.1, 0.15) is 41.3 Å². The number of amides is 2. The minimum atomic E-state index is -4.82. The number of carbonyl (C=O) groups is 2. The molecule has 0 spiro atoms. The van der Waals surface area contributed by atoms with E-state index in [2.05, 4.69) is 5.32 Å². The third kappa shape index (κ3) is 5.02. The van der Waals surface area contributed by atoms with Crippen LogP contribution in [-0.4, -0.2) is 30.5 Å². The second-order valence-corrected chi connectivity index (χ2v) is 8.21. The number of alkyl halides is 3. The van der Waals surface area contributed by atoms with E-state index in [-0.39, 0.29) is 40.9 Å². The minimum absolute atomic E-state index is 0.0410. The molecule has 0 saturated carbocycles. The monoisotopic (exact) mass is 492 g/mol. The Hall–Kier alpha value is -3.52. The Morgan fingerprint density at radius 1 is 1.21 bits per heavy atom. The van der Waals surface area contributed by atoms with Crippen molar-refractivity contribution in [2.24, 2.45) is 5.92 Å². The third-order valence-electron chi connectivity index (χ3n) is 5.46. The van der Waals surface area contributed by atoms with Crippen LogP contribution in [0.2, 0.25) is 0 Å². The fourth-order valence-corrected chi connectivity index (χ4v) is 4.06. The van der Waals surface area contributed by atoms with Crippen LogP contribution in [0.5, 0.6) is 0 Å². The summed E-state index contributed by atoms with van der Waals surface area (Å²) in [6.45, 7) is 2.09. The van der Waals surface area contributed by atoms with Crippen molar-refractivity contribution in [3.8, 4) is 6.07 Å². The van der Waals surface area contributed by atoms with E-state index in [1.807, 2.05) is 6.92 Å². The van der Waals surface area contributed by atoms with Crippen molar-refractivity contribution in [2.45, 2.75) is 25.9 Å². The molecule has 0 radical (unpaired) electrons. The van der Waals surface area contributed by atoms with Crippen LogP contribution in [-0.2, 0) is 11.0 Å². The third-order valence-corrected chi connectivity index (χ3v) is 5.87. The van der Waals surface area contributed by atoms with E-state index in [9.17, 15) is 27.2 Å². The largest absolute Gasteiger partial charge is 0.417 e. The summed E-state index contributed by atoms with van der Waals surface area (Å²) >= 11 is 5.51. The number of benzene rings is 2. The van der Waals surface area contributed by atoms with Crippen molar-refractivity contribution in [1.29, 1.82) is 5.26 Å². The topological polar surface area (TPSA) is 76.4 Å². The van der Waals surface area contributed by atoms with Crippen molar-refractivity contribution in [1.82, 2.24) is 5.32 Å². The molecule has 1 atom stereocenters. The molecule has 178 valence electrons. The number of nitrogens with one attached hydrogen (secondary N) is 1. The van der Waals surface area contributed by atoms with Crippen molar-refractivity contribution < 1.29 is 27.2 Å². The first-order valence-corrected chi connectivity index (χ1v) is 10.7. The Morgan fingerprint density at radius 2 is 1.88 bits per heavy atom. The van der Waals surface area contributed by atoms with Gasteiger partial charge in [-0.05, 0) is 61.0 Å². The van der Waals surface area contributed by atoms with Gasteiger partial charge in [0.15, 0.2) is 5.11 Å². The maximum atomic E-state index is 14.6. The summed E-state index contributed by atoms with van der Waals surface area (Å²) in [5, 5.41) is 11.3. The molecule has 1 aliphatic rings. The summed E-state index contributed by atoms with van der Waals surface area (Å²) in [6.07, 6.45) is -4.26. The first-order chi connectivity index (χ1) is 16.0. The first kappa shape index (κ1) is 25.1. The SMILES string of the molecule is CNC(=O)c1ccc(N2CCC(C)CC(=O)N(c3ccc(C#N)c(C(F)(F)F)c3)C2=S)cc1F. The van der Waals surface area contributed by atoms with Crippen LogP contribution < -0.4 is 15.1 Å². The molecule has 0 bridgehead atoms. The smallest absolute Gasteiger partial charge is 0.355 e. The molecule has 1 fully saturated rings. The van der Waals surface area contributed by atoms with Gasteiger partial charge in [0.25, 0.3) is 5.91 Å². The lowest BCUT2D eigenvalue weighted by Crippen LogP contribution is -2.49. The average molecular weight is 492 g/mol. The van der Waals surface area contributed by atoms with Gasteiger partial charge in [-0.25, -0.2) is 4.39 Å². The van der Waals surface area contributed by atoms with Crippen LogP contribution in [0, 0.1) is 23.1 Å². The van der Waals surface area contributed by atoms with E-state index in [4.69, 9.17) is 17.5 Å². The van der Waals surface area contributed by atoms with Gasteiger partial charge in [-0.15, -0.1) is 0 Å². The molecular formula is C23H20F4N4O2S. The van der Waals surface area contributed by atoms with Crippen LogP contribution >= 0.6 is 12.2 Å². The van der Waals surface area contributed by atoms with Crippen molar-refractivity contribution in [2.75, 3.05) is 23.4 Å². The van der Waals surface area contributed by atoms with Gasteiger partial charge >= 0.3 is 6.18 Å². The van der Waals surface area contributed by atoms with Gasteiger partial charge in [0.2, 0.25) is 5.91 Å². The summed E-state index contributed by atoms with van der Waals surface area (Å²) in [5.74, 6) is -2.09. The van der Waals surface area contributed by atoms with Gasteiger partial charge in [0.05, 0.1) is 28.4 Å². The summed E-state index contributed by atoms with van der Waals surface area (Å²) in [6, 6.07) is 8.23. The molecule has 2 aromatic rings. The zero-order chi connectivity index (χ0) is 25.2. The standard InChI is InChI=1S/C23H20F4N4O2S/c1-13-7-8-30(15-5-6-17(19(24)11-15)21(33)29-2)22(34)31(20(32)9-13)16-4-3-14(12-28)18(10-16)23(25,26)27/h3-6,10-11,13H,7-9H2,1-2H3,(H,29,33). The Bertz CT molecular complexity index is 1190. The molecule has 1 N–H and O–H groups in total. The Morgan fingerprint density at radius 3 is 2.47 bits per heavy atom. The van der Waals surface area contributed by atoms with Gasteiger partial charge < -0.3 is 10.2 Å². The molecule has 1 aliphatic heterocycles. The zero-order valence-electron chi connectivity index (χ0n) is 18.2. The van der Waals surface area contributed by atoms with Gasteiger partial charge in [-0.3, -0.25) is 14.5 Å². The summed E-state index contributed by atoms with van der Waals surface area (Å²) in [4.78, 5) is 27.3. The highest BCUT2D eigenvalue weighted by Gasteiger charge is 2.36. The molecule has 0 aliphatic carbocycles. The molecule has 2 amide bonds. The quantitative estimate of drug-likeness (QED) is 0.500. The van der Waals surface area contributed by atoms with Gasteiger partial charge in [0.1, 0.15) is 5.82 Å². The fraction of sp³-hybridized carbons (Fsp3) is 0.304. The molecule has 1 saturated heterocycles. The van der Waals surface area contributed by atoms with Crippen LogP contribution in [0.15, 0.2) is 36.4 Å². The number of anilines is 2. The molecule has 0 aromatic heterocycles. The Balaban J connectivity index is 2.10. The van der Waals surface area contributed by atoms with E-state index in [0.717, 1.165) is 17.0 Å². The molecule has 34 heavy (non-hydrogen) atoms. The van der Waals surface area contributed by atoms with Gasteiger partial charge in [-0.1, -0.05) is 6.92 Å². The van der Waals surface area contributed by atoms with Crippen LogP contribution in [0.3, 0.4) is 0 Å². The summed E-state index contributed by atoms with van der Waals surface area (Å²) in [7, 11) is 1.36. The molecule has 1 unspecified atom stereocenters. The lowest BCUT2D eigenvalue weighted by Gasteiger charge is -2.36. The first-order valence-electron chi connectivity index (χ1n) is 10.2. The van der Waals surface area contributed by atoms with Crippen molar-refractivity contribution in [3.63, 3.8) is 0 Å². The number of halogens is 4. The minimum Gasteiger partial charge on any atom is -0.355 e.